The van der Waals surface area contributed by atoms with Crippen molar-refractivity contribution in [1.82, 2.24) is 15.1 Å². The SMILES string of the molecule is CCOC(=O)C(C)(C)Oc1cc(CNC(=O)c2cc(-c3ccc(C(C)(C)C)cc3)nn2C)ccc1C. The van der Waals surface area contributed by atoms with Gasteiger partial charge in [-0.2, -0.15) is 5.10 Å². The number of benzene rings is 2. The topological polar surface area (TPSA) is 82.4 Å². The first-order chi connectivity index (χ1) is 16.8. The molecule has 0 atom stereocenters. The molecule has 0 radical (unpaired) electrons. The molecule has 36 heavy (non-hydrogen) atoms. The van der Waals surface area contributed by atoms with Crippen molar-refractivity contribution in [2.75, 3.05) is 6.61 Å². The van der Waals surface area contributed by atoms with E-state index >= 15 is 0 Å². The maximum Gasteiger partial charge on any atom is 0.349 e. The molecule has 3 aromatic rings. The Morgan fingerprint density at radius 3 is 2.28 bits per heavy atom. The molecule has 192 valence electrons. The van der Waals surface area contributed by atoms with Gasteiger partial charge in [0.2, 0.25) is 0 Å². The lowest BCUT2D eigenvalue weighted by Crippen LogP contribution is -2.40. The van der Waals surface area contributed by atoms with Crippen LogP contribution in [0.5, 0.6) is 5.75 Å². The van der Waals surface area contributed by atoms with Gasteiger partial charge in [0, 0.05) is 19.2 Å². The number of amides is 1. The summed E-state index contributed by atoms with van der Waals surface area (Å²) in [5.74, 6) is -0.0815. The number of aryl methyl sites for hydroxylation is 2. The minimum Gasteiger partial charge on any atom is -0.476 e. The van der Waals surface area contributed by atoms with E-state index in [1.807, 2.05) is 37.3 Å². The highest BCUT2D eigenvalue weighted by molar-refractivity contribution is 5.93. The van der Waals surface area contributed by atoms with Crippen LogP contribution in [0.1, 0.15) is 68.7 Å². The van der Waals surface area contributed by atoms with Crippen molar-refractivity contribution in [2.24, 2.45) is 7.05 Å². The fourth-order valence-corrected chi connectivity index (χ4v) is 3.72. The fourth-order valence-electron chi connectivity index (χ4n) is 3.72. The predicted octanol–water partition coefficient (Wildman–Crippen LogP) is 5.34. The molecule has 0 saturated heterocycles. The zero-order valence-corrected chi connectivity index (χ0v) is 22.6. The van der Waals surface area contributed by atoms with Gasteiger partial charge in [0.1, 0.15) is 11.4 Å². The Balaban J connectivity index is 1.70. The quantitative estimate of drug-likeness (QED) is 0.430. The summed E-state index contributed by atoms with van der Waals surface area (Å²) in [7, 11) is 1.76. The second-order valence-corrected chi connectivity index (χ2v) is 10.5. The molecular formula is C29H37N3O4. The van der Waals surface area contributed by atoms with Crippen LogP contribution in [0.4, 0.5) is 0 Å². The molecule has 0 saturated carbocycles. The summed E-state index contributed by atoms with van der Waals surface area (Å²) in [5, 5.41) is 7.49. The Kier molecular flexibility index (Phi) is 7.92. The fraction of sp³-hybridized carbons (Fsp3) is 0.414. The third kappa shape index (κ3) is 6.33. The summed E-state index contributed by atoms with van der Waals surface area (Å²) in [6, 6.07) is 15.7. The van der Waals surface area contributed by atoms with E-state index in [4.69, 9.17) is 9.47 Å². The number of hydrogen-bond acceptors (Lipinski definition) is 5. The van der Waals surface area contributed by atoms with Crippen molar-refractivity contribution in [3.8, 4) is 17.0 Å². The summed E-state index contributed by atoms with van der Waals surface area (Å²) in [5.41, 5.74) is 4.10. The molecule has 0 spiro atoms. The van der Waals surface area contributed by atoms with Crippen molar-refractivity contribution < 1.29 is 19.1 Å². The van der Waals surface area contributed by atoms with Gasteiger partial charge in [-0.05, 0) is 61.9 Å². The van der Waals surface area contributed by atoms with Crippen LogP contribution >= 0.6 is 0 Å². The lowest BCUT2D eigenvalue weighted by atomic mass is 9.86. The summed E-state index contributed by atoms with van der Waals surface area (Å²) in [4.78, 5) is 25.2. The van der Waals surface area contributed by atoms with Crippen LogP contribution in [0.15, 0.2) is 48.5 Å². The third-order valence-electron chi connectivity index (χ3n) is 6.00. The van der Waals surface area contributed by atoms with E-state index in [1.54, 1.807) is 38.6 Å². The Morgan fingerprint density at radius 2 is 1.67 bits per heavy atom. The summed E-state index contributed by atoms with van der Waals surface area (Å²) < 4.78 is 12.7. The Bertz CT molecular complexity index is 1230. The van der Waals surface area contributed by atoms with Gasteiger partial charge in [0.15, 0.2) is 5.60 Å². The largest absolute Gasteiger partial charge is 0.476 e. The molecule has 7 nitrogen and oxygen atoms in total. The summed E-state index contributed by atoms with van der Waals surface area (Å²) >= 11 is 0. The van der Waals surface area contributed by atoms with Crippen LogP contribution in [0.3, 0.4) is 0 Å². The van der Waals surface area contributed by atoms with Crippen LogP contribution in [0, 0.1) is 6.92 Å². The number of carbonyl (C=O) groups is 2. The molecule has 0 bridgehead atoms. The highest BCUT2D eigenvalue weighted by atomic mass is 16.6. The third-order valence-corrected chi connectivity index (χ3v) is 6.00. The molecule has 0 aliphatic heterocycles. The molecule has 1 N–H and O–H groups in total. The molecule has 3 rings (SSSR count). The highest BCUT2D eigenvalue weighted by Gasteiger charge is 2.32. The number of ether oxygens (including phenoxy) is 2. The minimum absolute atomic E-state index is 0.0726. The van der Waals surface area contributed by atoms with Crippen LogP contribution < -0.4 is 10.1 Å². The lowest BCUT2D eigenvalue weighted by molar-refractivity contribution is -0.158. The standard InChI is InChI=1S/C29H37N3O4/c1-9-35-27(34)29(6,7)36-25-16-20(11-10-19(25)2)18-30-26(33)24-17-23(31-32(24)8)21-12-14-22(15-13-21)28(3,4)5/h10-17H,9,18H2,1-8H3,(H,30,33). The maximum absolute atomic E-state index is 12.9. The number of esters is 1. The van der Waals surface area contributed by atoms with Crippen molar-refractivity contribution in [3.63, 3.8) is 0 Å². The maximum atomic E-state index is 12.9. The molecule has 1 aromatic heterocycles. The molecule has 1 heterocycles. The van der Waals surface area contributed by atoms with Gasteiger partial charge in [0.25, 0.3) is 5.91 Å². The first kappa shape index (κ1) is 27.0. The van der Waals surface area contributed by atoms with E-state index in [0.717, 1.165) is 22.4 Å². The highest BCUT2D eigenvalue weighted by Crippen LogP contribution is 2.27. The van der Waals surface area contributed by atoms with Crippen molar-refractivity contribution >= 4 is 11.9 Å². The molecule has 7 heteroatoms. The number of nitrogens with one attached hydrogen (secondary N) is 1. The average Bonchev–Trinajstić information content (AvgIpc) is 3.20. The van der Waals surface area contributed by atoms with Crippen LogP contribution in [-0.4, -0.2) is 33.9 Å². The van der Waals surface area contributed by atoms with Gasteiger partial charge in [-0.1, -0.05) is 57.2 Å². The van der Waals surface area contributed by atoms with Crippen molar-refractivity contribution in [2.45, 2.75) is 66.0 Å². The van der Waals surface area contributed by atoms with E-state index < -0.39 is 11.6 Å². The molecule has 1 amide bonds. The first-order valence-corrected chi connectivity index (χ1v) is 12.2. The van der Waals surface area contributed by atoms with Gasteiger partial charge < -0.3 is 14.8 Å². The first-order valence-electron chi connectivity index (χ1n) is 12.2. The summed E-state index contributed by atoms with van der Waals surface area (Å²) in [6.07, 6.45) is 0. The van der Waals surface area contributed by atoms with E-state index in [0.29, 0.717) is 18.0 Å². The minimum atomic E-state index is -1.13. The molecule has 0 aliphatic rings. The number of aromatic nitrogens is 2. The Morgan fingerprint density at radius 1 is 1.00 bits per heavy atom. The van der Waals surface area contributed by atoms with Crippen LogP contribution in [0.25, 0.3) is 11.3 Å². The zero-order chi connectivity index (χ0) is 26.7. The molecule has 0 fully saturated rings. The molecule has 0 unspecified atom stereocenters. The van der Waals surface area contributed by atoms with Gasteiger partial charge in [-0.3, -0.25) is 9.48 Å². The second kappa shape index (κ2) is 10.6. The van der Waals surface area contributed by atoms with E-state index in [2.05, 4.69) is 43.3 Å². The summed E-state index contributed by atoms with van der Waals surface area (Å²) in [6.45, 7) is 14.1. The molecule has 0 aliphatic carbocycles. The molecular weight excluding hydrogens is 454 g/mol. The normalized spacial score (nSPS) is 11.8. The number of hydrogen-bond donors (Lipinski definition) is 1. The van der Waals surface area contributed by atoms with E-state index in [-0.39, 0.29) is 17.9 Å². The van der Waals surface area contributed by atoms with Crippen molar-refractivity contribution in [1.29, 1.82) is 0 Å². The van der Waals surface area contributed by atoms with Crippen LogP contribution in [0.2, 0.25) is 0 Å². The van der Waals surface area contributed by atoms with Gasteiger partial charge in [-0.25, -0.2) is 4.79 Å². The van der Waals surface area contributed by atoms with Gasteiger partial charge in [-0.15, -0.1) is 0 Å². The Hall–Kier alpha value is -3.61. The van der Waals surface area contributed by atoms with Crippen molar-refractivity contribution in [3.05, 3.63) is 70.9 Å². The second-order valence-electron chi connectivity index (χ2n) is 10.5. The average molecular weight is 492 g/mol. The van der Waals surface area contributed by atoms with Gasteiger partial charge in [0.05, 0.1) is 12.3 Å². The zero-order valence-electron chi connectivity index (χ0n) is 22.6. The smallest absolute Gasteiger partial charge is 0.349 e. The number of carbonyl (C=O) groups excluding carboxylic acids is 2. The van der Waals surface area contributed by atoms with E-state index in [9.17, 15) is 9.59 Å². The lowest BCUT2D eigenvalue weighted by Gasteiger charge is -2.25. The van der Waals surface area contributed by atoms with E-state index in [1.165, 1.54) is 5.56 Å². The van der Waals surface area contributed by atoms with Crippen LogP contribution in [-0.2, 0) is 28.5 Å². The monoisotopic (exact) mass is 491 g/mol. The number of nitrogens with zero attached hydrogens (tertiary/aromatic N) is 2. The molecule has 2 aromatic carbocycles. The Labute approximate surface area is 213 Å². The predicted molar refractivity (Wildman–Crippen MR) is 141 cm³/mol. The van der Waals surface area contributed by atoms with Gasteiger partial charge >= 0.3 is 5.97 Å². The number of rotatable bonds is 8.